The minimum absolute atomic E-state index is 0.0904. The summed E-state index contributed by atoms with van der Waals surface area (Å²) in [6.07, 6.45) is 1.76. The summed E-state index contributed by atoms with van der Waals surface area (Å²) in [7, 11) is 1.30. The Labute approximate surface area is 95.8 Å². The van der Waals surface area contributed by atoms with Gasteiger partial charge in [0.05, 0.1) is 13.5 Å². The maximum Gasteiger partial charge on any atom is 0.305 e. The van der Waals surface area contributed by atoms with Crippen LogP contribution in [0, 0.1) is 0 Å². The van der Waals surface area contributed by atoms with E-state index in [0.29, 0.717) is 5.69 Å². The van der Waals surface area contributed by atoms with Crippen LogP contribution in [0.5, 0.6) is 0 Å². The minimum atomic E-state index is -0.388. The molecule has 0 saturated carbocycles. The number of ether oxygens (including phenoxy) is 1. The number of halogens is 1. The molecular formula is C10H10BrNO3. The maximum absolute atomic E-state index is 11.5. The van der Waals surface area contributed by atoms with E-state index in [1.807, 2.05) is 0 Å². The van der Waals surface area contributed by atoms with Crippen molar-refractivity contribution in [1.82, 2.24) is 4.98 Å². The van der Waals surface area contributed by atoms with Gasteiger partial charge in [-0.25, -0.2) is 0 Å². The van der Waals surface area contributed by atoms with Gasteiger partial charge < -0.3 is 4.74 Å². The van der Waals surface area contributed by atoms with Gasteiger partial charge in [0.2, 0.25) is 0 Å². The van der Waals surface area contributed by atoms with Gasteiger partial charge in [0.1, 0.15) is 5.69 Å². The summed E-state index contributed by atoms with van der Waals surface area (Å²) in [5.41, 5.74) is 0.363. The molecule has 0 aromatic carbocycles. The topological polar surface area (TPSA) is 56.3 Å². The van der Waals surface area contributed by atoms with E-state index in [4.69, 9.17) is 0 Å². The maximum atomic E-state index is 11.5. The van der Waals surface area contributed by atoms with E-state index >= 15 is 0 Å². The predicted octanol–water partition coefficient (Wildman–Crippen LogP) is 1.98. The second kappa shape index (κ2) is 5.60. The molecule has 1 aromatic rings. The molecule has 1 rings (SSSR count). The summed E-state index contributed by atoms with van der Waals surface area (Å²) >= 11 is 3.22. The predicted molar refractivity (Wildman–Crippen MR) is 57.5 cm³/mol. The summed E-state index contributed by atoms with van der Waals surface area (Å²) in [6, 6.07) is 3.35. The minimum Gasteiger partial charge on any atom is -0.469 e. The molecule has 1 heterocycles. The fraction of sp³-hybridized carbons (Fsp3) is 0.300. The van der Waals surface area contributed by atoms with Gasteiger partial charge in [-0.1, -0.05) is 0 Å². The first kappa shape index (κ1) is 11.8. The smallest absolute Gasteiger partial charge is 0.305 e. The van der Waals surface area contributed by atoms with E-state index in [1.54, 1.807) is 18.3 Å². The number of methoxy groups -OCH3 is 1. The van der Waals surface area contributed by atoms with Crippen molar-refractivity contribution >= 4 is 27.7 Å². The lowest BCUT2D eigenvalue weighted by Gasteiger charge is -1.99. The van der Waals surface area contributed by atoms with E-state index in [0.717, 1.165) is 4.47 Å². The number of ketones is 1. The van der Waals surface area contributed by atoms with Gasteiger partial charge in [-0.05, 0) is 28.1 Å². The van der Waals surface area contributed by atoms with Crippen molar-refractivity contribution in [2.75, 3.05) is 7.11 Å². The lowest BCUT2D eigenvalue weighted by Crippen LogP contribution is -2.07. The van der Waals surface area contributed by atoms with Crippen molar-refractivity contribution in [3.63, 3.8) is 0 Å². The number of hydrogen-bond donors (Lipinski definition) is 0. The fourth-order valence-electron chi connectivity index (χ4n) is 0.986. The zero-order chi connectivity index (χ0) is 11.3. The molecule has 0 aliphatic heterocycles. The molecule has 1 aromatic heterocycles. The average Bonchev–Trinajstić information content (AvgIpc) is 2.26. The zero-order valence-electron chi connectivity index (χ0n) is 8.20. The standard InChI is InChI=1S/C10H10BrNO3/c1-15-10(14)5-4-9(13)8-3-2-7(11)6-12-8/h2-3,6H,4-5H2,1H3. The highest BCUT2D eigenvalue weighted by atomic mass is 79.9. The third-order valence-corrected chi connectivity index (χ3v) is 2.27. The Morgan fingerprint density at radius 3 is 2.67 bits per heavy atom. The van der Waals surface area contributed by atoms with Gasteiger partial charge in [0.25, 0.3) is 0 Å². The Morgan fingerprint density at radius 2 is 2.13 bits per heavy atom. The van der Waals surface area contributed by atoms with Crippen LogP contribution in [-0.4, -0.2) is 23.8 Å². The zero-order valence-corrected chi connectivity index (χ0v) is 9.78. The molecular weight excluding hydrogens is 262 g/mol. The molecule has 0 aliphatic carbocycles. The molecule has 5 heteroatoms. The molecule has 15 heavy (non-hydrogen) atoms. The second-order valence-corrected chi connectivity index (χ2v) is 3.78. The number of Topliss-reactive ketones (excluding diaryl/α,β-unsaturated/α-hetero) is 1. The SMILES string of the molecule is COC(=O)CCC(=O)c1ccc(Br)cn1. The van der Waals surface area contributed by atoms with Crippen molar-refractivity contribution in [2.45, 2.75) is 12.8 Å². The van der Waals surface area contributed by atoms with Crippen LogP contribution in [0.1, 0.15) is 23.3 Å². The Hall–Kier alpha value is -1.23. The quantitative estimate of drug-likeness (QED) is 0.621. The van der Waals surface area contributed by atoms with Crippen LogP contribution in [0.15, 0.2) is 22.8 Å². The Kier molecular flexibility index (Phi) is 4.42. The van der Waals surface area contributed by atoms with Crippen molar-refractivity contribution in [2.24, 2.45) is 0 Å². The van der Waals surface area contributed by atoms with Crippen LogP contribution in [0.2, 0.25) is 0 Å². The first-order valence-corrected chi connectivity index (χ1v) is 5.14. The summed E-state index contributed by atoms with van der Waals surface area (Å²) in [6.45, 7) is 0. The number of carbonyl (C=O) groups is 2. The number of hydrogen-bond acceptors (Lipinski definition) is 4. The lowest BCUT2D eigenvalue weighted by molar-refractivity contribution is -0.140. The second-order valence-electron chi connectivity index (χ2n) is 2.86. The molecule has 4 nitrogen and oxygen atoms in total. The van der Waals surface area contributed by atoms with E-state index in [9.17, 15) is 9.59 Å². The molecule has 0 spiro atoms. The van der Waals surface area contributed by atoms with E-state index in [1.165, 1.54) is 7.11 Å². The van der Waals surface area contributed by atoms with Crippen LogP contribution in [-0.2, 0) is 9.53 Å². The number of nitrogens with zero attached hydrogens (tertiary/aromatic N) is 1. The summed E-state index contributed by atoms with van der Waals surface area (Å²) in [5, 5.41) is 0. The third kappa shape index (κ3) is 3.79. The molecule has 0 bridgehead atoms. The number of aromatic nitrogens is 1. The Morgan fingerprint density at radius 1 is 1.40 bits per heavy atom. The number of rotatable bonds is 4. The lowest BCUT2D eigenvalue weighted by atomic mass is 10.1. The fourth-order valence-corrected chi connectivity index (χ4v) is 1.22. The van der Waals surface area contributed by atoms with E-state index < -0.39 is 0 Å². The number of esters is 1. The van der Waals surface area contributed by atoms with Gasteiger partial charge in [0.15, 0.2) is 5.78 Å². The molecule has 80 valence electrons. The highest BCUT2D eigenvalue weighted by Crippen LogP contribution is 2.09. The van der Waals surface area contributed by atoms with Gasteiger partial charge in [-0.2, -0.15) is 0 Å². The first-order chi connectivity index (χ1) is 7.13. The molecule has 0 unspecified atom stereocenters. The third-order valence-electron chi connectivity index (χ3n) is 1.80. The number of carbonyl (C=O) groups excluding carboxylic acids is 2. The van der Waals surface area contributed by atoms with Gasteiger partial charge in [0, 0.05) is 17.1 Å². The monoisotopic (exact) mass is 271 g/mol. The van der Waals surface area contributed by atoms with Crippen LogP contribution in [0.3, 0.4) is 0 Å². The summed E-state index contributed by atoms with van der Waals surface area (Å²) in [4.78, 5) is 26.2. The first-order valence-electron chi connectivity index (χ1n) is 4.35. The molecule has 0 radical (unpaired) electrons. The van der Waals surface area contributed by atoms with Gasteiger partial charge in [-0.3, -0.25) is 14.6 Å². The molecule has 0 fully saturated rings. The summed E-state index contributed by atoms with van der Waals surface area (Å²) in [5.74, 6) is -0.548. The highest BCUT2D eigenvalue weighted by Gasteiger charge is 2.10. The largest absolute Gasteiger partial charge is 0.469 e. The normalized spacial score (nSPS) is 9.73. The molecule has 0 atom stereocenters. The number of pyridine rings is 1. The van der Waals surface area contributed by atoms with Crippen molar-refractivity contribution in [3.05, 3.63) is 28.5 Å². The van der Waals surface area contributed by atoms with Crippen molar-refractivity contribution in [1.29, 1.82) is 0 Å². The molecule has 0 saturated heterocycles. The average molecular weight is 272 g/mol. The van der Waals surface area contributed by atoms with Crippen LogP contribution in [0.4, 0.5) is 0 Å². The van der Waals surface area contributed by atoms with Gasteiger partial charge in [-0.15, -0.1) is 0 Å². The molecule has 0 aliphatic rings. The van der Waals surface area contributed by atoms with Crippen LogP contribution >= 0.6 is 15.9 Å². The highest BCUT2D eigenvalue weighted by molar-refractivity contribution is 9.10. The van der Waals surface area contributed by atoms with Crippen molar-refractivity contribution < 1.29 is 14.3 Å². The Bertz CT molecular complexity index is 361. The Balaban J connectivity index is 2.54. The van der Waals surface area contributed by atoms with Crippen LogP contribution in [0.25, 0.3) is 0 Å². The molecule has 0 amide bonds. The summed E-state index contributed by atoms with van der Waals surface area (Å²) < 4.78 is 5.25. The van der Waals surface area contributed by atoms with Crippen molar-refractivity contribution in [3.8, 4) is 0 Å². The van der Waals surface area contributed by atoms with E-state index in [2.05, 4.69) is 25.7 Å². The van der Waals surface area contributed by atoms with Crippen LogP contribution < -0.4 is 0 Å². The van der Waals surface area contributed by atoms with Gasteiger partial charge >= 0.3 is 5.97 Å². The molecule has 0 N–H and O–H groups in total. The van der Waals surface area contributed by atoms with E-state index in [-0.39, 0.29) is 24.6 Å².